The van der Waals surface area contributed by atoms with Gasteiger partial charge in [-0.3, -0.25) is 4.90 Å². The summed E-state index contributed by atoms with van der Waals surface area (Å²) in [4.78, 5) is 2.63. The topological polar surface area (TPSA) is 49.4 Å². The number of methoxy groups -OCH3 is 5. The first-order chi connectivity index (χ1) is 15.1. The van der Waals surface area contributed by atoms with Crippen molar-refractivity contribution in [2.75, 3.05) is 42.1 Å². The SMILES string of the molecule is COc1ccc(CN2C[C@H](c3cc(OC)c(OC)c(OC)c3)[C@H]3CCC[C@@H]32)cc1OC. The maximum Gasteiger partial charge on any atom is 0.203 e. The molecule has 31 heavy (non-hydrogen) atoms. The molecule has 4 rings (SSSR count). The third-order valence-electron chi connectivity index (χ3n) is 6.90. The maximum atomic E-state index is 5.62. The Morgan fingerprint density at radius 3 is 2.06 bits per heavy atom. The minimum Gasteiger partial charge on any atom is -0.493 e. The lowest BCUT2D eigenvalue weighted by Crippen LogP contribution is -2.29. The molecule has 0 spiro atoms. The first-order valence-electron chi connectivity index (χ1n) is 10.9. The summed E-state index contributed by atoms with van der Waals surface area (Å²) in [7, 11) is 8.36. The number of hydrogen-bond acceptors (Lipinski definition) is 6. The molecule has 1 aliphatic heterocycles. The van der Waals surface area contributed by atoms with Crippen LogP contribution >= 0.6 is 0 Å². The van der Waals surface area contributed by atoms with Gasteiger partial charge in [-0.15, -0.1) is 0 Å². The second-order valence-electron chi connectivity index (χ2n) is 8.35. The van der Waals surface area contributed by atoms with Crippen LogP contribution in [0.5, 0.6) is 28.7 Å². The van der Waals surface area contributed by atoms with Crippen LogP contribution in [0, 0.1) is 5.92 Å². The standard InChI is InChI=1S/C25H33NO5/c1-27-21-10-9-16(11-22(21)28-2)14-26-15-19(18-7-6-8-20(18)26)17-12-23(29-3)25(31-5)24(13-17)30-4/h9-13,18-20H,6-8,14-15H2,1-5H3/t18-,19-,20+/m1/s1. The number of fused-ring (bicyclic) bond motifs is 1. The predicted octanol–water partition coefficient (Wildman–Crippen LogP) is 4.50. The second-order valence-corrected chi connectivity index (χ2v) is 8.35. The van der Waals surface area contributed by atoms with Gasteiger partial charge in [0, 0.05) is 25.0 Å². The van der Waals surface area contributed by atoms with Gasteiger partial charge >= 0.3 is 0 Å². The third-order valence-corrected chi connectivity index (χ3v) is 6.90. The molecule has 2 aromatic rings. The number of ether oxygens (including phenoxy) is 5. The van der Waals surface area contributed by atoms with E-state index in [9.17, 15) is 0 Å². The summed E-state index contributed by atoms with van der Waals surface area (Å²) < 4.78 is 27.7. The molecule has 0 bridgehead atoms. The van der Waals surface area contributed by atoms with Crippen molar-refractivity contribution in [1.82, 2.24) is 4.90 Å². The molecular formula is C25H33NO5. The molecule has 0 unspecified atom stereocenters. The Morgan fingerprint density at radius 2 is 1.45 bits per heavy atom. The van der Waals surface area contributed by atoms with Crippen molar-refractivity contribution in [1.29, 1.82) is 0 Å². The summed E-state index contributed by atoms with van der Waals surface area (Å²) in [5.74, 6) is 4.74. The molecule has 0 radical (unpaired) electrons. The molecule has 2 aliphatic rings. The highest BCUT2D eigenvalue weighted by atomic mass is 16.5. The number of hydrogen-bond donors (Lipinski definition) is 0. The Balaban J connectivity index is 1.61. The summed E-state index contributed by atoms with van der Waals surface area (Å²) >= 11 is 0. The minimum absolute atomic E-state index is 0.446. The summed E-state index contributed by atoms with van der Waals surface area (Å²) in [6.07, 6.45) is 3.78. The molecular weight excluding hydrogens is 394 g/mol. The normalized spacial score (nSPS) is 22.8. The van der Waals surface area contributed by atoms with Crippen molar-refractivity contribution in [2.45, 2.75) is 37.8 Å². The van der Waals surface area contributed by atoms with Gasteiger partial charge in [-0.05, 0) is 54.2 Å². The van der Waals surface area contributed by atoms with Gasteiger partial charge in [-0.2, -0.15) is 0 Å². The Hall–Kier alpha value is -2.60. The predicted molar refractivity (Wildman–Crippen MR) is 120 cm³/mol. The van der Waals surface area contributed by atoms with Gasteiger partial charge in [0.1, 0.15) is 0 Å². The van der Waals surface area contributed by atoms with E-state index in [4.69, 9.17) is 23.7 Å². The first-order valence-corrected chi connectivity index (χ1v) is 10.9. The largest absolute Gasteiger partial charge is 0.493 e. The van der Waals surface area contributed by atoms with E-state index in [0.29, 0.717) is 23.6 Å². The van der Waals surface area contributed by atoms with E-state index in [-0.39, 0.29) is 0 Å². The quantitative estimate of drug-likeness (QED) is 0.618. The fourth-order valence-corrected chi connectivity index (χ4v) is 5.48. The van der Waals surface area contributed by atoms with Gasteiger partial charge in [0.05, 0.1) is 35.5 Å². The Bertz CT molecular complexity index is 890. The van der Waals surface area contributed by atoms with Crippen LogP contribution in [0.25, 0.3) is 0 Å². The van der Waals surface area contributed by atoms with Crippen LogP contribution in [0.4, 0.5) is 0 Å². The number of benzene rings is 2. The fourth-order valence-electron chi connectivity index (χ4n) is 5.48. The van der Waals surface area contributed by atoms with E-state index in [0.717, 1.165) is 36.1 Å². The molecule has 2 aromatic carbocycles. The molecule has 1 aliphatic carbocycles. The van der Waals surface area contributed by atoms with Crippen molar-refractivity contribution >= 4 is 0 Å². The van der Waals surface area contributed by atoms with E-state index in [2.05, 4.69) is 29.2 Å². The average Bonchev–Trinajstić information content (AvgIpc) is 3.41. The first kappa shape index (κ1) is 21.6. The lowest BCUT2D eigenvalue weighted by atomic mass is 9.86. The minimum atomic E-state index is 0.446. The number of nitrogens with zero attached hydrogens (tertiary/aromatic N) is 1. The molecule has 1 saturated carbocycles. The molecule has 6 nitrogen and oxygen atoms in total. The van der Waals surface area contributed by atoms with Crippen molar-refractivity contribution in [3.63, 3.8) is 0 Å². The lowest BCUT2D eigenvalue weighted by Gasteiger charge is -2.23. The van der Waals surface area contributed by atoms with Crippen LogP contribution in [-0.4, -0.2) is 53.0 Å². The lowest BCUT2D eigenvalue weighted by molar-refractivity contribution is 0.232. The van der Waals surface area contributed by atoms with Crippen LogP contribution < -0.4 is 23.7 Å². The zero-order valence-corrected chi connectivity index (χ0v) is 19.1. The van der Waals surface area contributed by atoms with Gasteiger partial charge in [0.15, 0.2) is 23.0 Å². The van der Waals surface area contributed by atoms with E-state index >= 15 is 0 Å². The molecule has 0 N–H and O–H groups in total. The molecule has 168 valence electrons. The van der Waals surface area contributed by atoms with Crippen LogP contribution in [0.3, 0.4) is 0 Å². The zero-order valence-electron chi connectivity index (χ0n) is 19.1. The van der Waals surface area contributed by atoms with Crippen molar-refractivity contribution in [2.24, 2.45) is 5.92 Å². The van der Waals surface area contributed by atoms with Gasteiger partial charge in [0.25, 0.3) is 0 Å². The van der Waals surface area contributed by atoms with Crippen LogP contribution in [-0.2, 0) is 6.54 Å². The molecule has 1 saturated heterocycles. The zero-order chi connectivity index (χ0) is 22.0. The number of likely N-dealkylation sites (tertiary alicyclic amines) is 1. The summed E-state index contributed by atoms with van der Waals surface area (Å²) in [5, 5.41) is 0. The second kappa shape index (κ2) is 9.27. The Morgan fingerprint density at radius 1 is 0.774 bits per heavy atom. The van der Waals surface area contributed by atoms with Gasteiger partial charge in [0.2, 0.25) is 5.75 Å². The molecule has 0 amide bonds. The van der Waals surface area contributed by atoms with E-state index in [1.165, 1.54) is 30.4 Å². The highest BCUT2D eigenvalue weighted by Gasteiger charge is 2.45. The highest BCUT2D eigenvalue weighted by Crippen LogP contribution is 2.49. The molecule has 2 fully saturated rings. The third kappa shape index (κ3) is 4.01. The van der Waals surface area contributed by atoms with Crippen molar-refractivity contribution < 1.29 is 23.7 Å². The van der Waals surface area contributed by atoms with E-state index in [1.807, 2.05) is 6.07 Å². The molecule has 0 aromatic heterocycles. The Kier molecular flexibility index (Phi) is 6.46. The fraction of sp³-hybridized carbons (Fsp3) is 0.520. The van der Waals surface area contributed by atoms with Crippen LogP contribution in [0.1, 0.15) is 36.3 Å². The summed E-state index contributed by atoms with van der Waals surface area (Å²) in [6.45, 7) is 1.92. The molecule has 6 heteroatoms. The monoisotopic (exact) mass is 427 g/mol. The molecule has 3 atom stereocenters. The smallest absolute Gasteiger partial charge is 0.203 e. The van der Waals surface area contributed by atoms with E-state index in [1.54, 1.807) is 35.5 Å². The molecule has 1 heterocycles. The Labute approximate surface area is 185 Å². The summed E-state index contributed by atoms with van der Waals surface area (Å²) in [6, 6.07) is 11.1. The van der Waals surface area contributed by atoms with Crippen molar-refractivity contribution in [3.8, 4) is 28.7 Å². The van der Waals surface area contributed by atoms with Crippen LogP contribution in [0.2, 0.25) is 0 Å². The van der Waals surface area contributed by atoms with Gasteiger partial charge in [-0.1, -0.05) is 12.5 Å². The van der Waals surface area contributed by atoms with Gasteiger partial charge < -0.3 is 23.7 Å². The van der Waals surface area contributed by atoms with Gasteiger partial charge in [-0.25, -0.2) is 0 Å². The van der Waals surface area contributed by atoms with E-state index < -0.39 is 0 Å². The average molecular weight is 428 g/mol. The van der Waals surface area contributed by atoms with Crippen molar-refractivity contribution in [3.05, 3.63) is 41.5 Å². The summed E-state index contributed by atoms with van der Waals surface area (Å²) in [5.41, 5.74) is 2.51. The maximum absolute atomic E-state index is 5.62. The van der Waals surface area contributed by atoms with Crippen LogP contribution in [0.15, 0.2) is 30.3 Å². The number of rotatable bonds is 8. The highest BCUT2D eigenvalue weighted by molar-refractivity contribution is 5.55.